The van der Waals surface area contributed by atoms with Gasteiger partial charge in [-0.25, -0.2) is 17.9 Å². The predicted octanol–water partition coefficient (Wildman–Crippen LogP) is 3.24. The molecule has 3 rings (SSSR count). The van der Waals surface area contributed by atoms with Crippen molar-refractivity contribution in [1.29, 1.82) is 0 Å². The number of urea groups is 1. The van der Waals surface area contributed by atoms with Crippen LogP contribution in [0.3, 0.4) is 0 Å². The maximum absolute atomic E-state index is 12.4. The second kappa shape index (κ2) is 9.27. The van der Waals surface area contributed by atoms with E-state index in [1.54, 1.807) is 0 Å². The molecule has 0 fully saturated rings. The second-order valence-electron chi connectivity index (χ2n) is 8.12. The first-order valence-corrected chi connectivity index (χ1v) is 12.2. The van der Waals surface area contributed by atoms with Gasteiger partial charge in [0, 0.05) is 5.69 Å². The molecule has 2 aliphatic rings. The zero-order valence-corrected chi connectivity index (χ0v) is 18.0. The molecule has 0 heterocycles. The lowest BCUT2D eigenvalue weighted by molar-refractivity contribution is 0.256. The van der Waals surface area contributed by atoms with E-state index >= 15 is 0 Å². The SMILES string of the molecule is CCCN(C)CCCCS(=O)(=O)NC(=O)Nc1c2c(cc3c1CCC3)CCC2. The molecule has 0 bridgehead atoms. The fourth-order valence-corrected chi connectivity index (χ4v) is 5.49. The molecule has 2 N–H and O–H groups in total. The molecule has 1 aromatic rings. The quantitative estimate of drug-likeness (QED) is 0.616. The first-order valence-electron chi connectivity index (χ1n) is 10.6. The second-order valence-corrected chi connectivity index (χ2v) is 9.96. The van der Waals surface area contributed by atoms with E-state index in [4.69, 9.17) is 0 Å². The Hall–Kier alpha value is -1.60. The van der Waals surface area contributed by atoms with Gasteiger partial charge < -0.3 is 10.2 Å². The predicted molar refractivity (Wildman–Crippen MR) is 113 cm³/mol. The van der Waals surface area contributed by atoms with Crippen LogP contribution in [0.4, 0.5) is 10.5 Å². The van der Waals surface area contributed by atoms with Gasteiger partial charge in [-0.15, -0.1) is 0 Å². The maximum atomic E-state index is 12.4. The Morgan fingerprint density at radius 3 is 2.29 bits per heavy atom. The molecule has 7 heteroatoms. The van der Waals surface area contributed by atoms with Crippen LogP contribution >= 0.6 is 0 Å². The molecule has 1 aromatic carbocycles. The standard InChI is InChI=1S/C21H33N3O3S/c1-3-12-24(2)13-4-5-14-28(26,27)23-21(25)22-20-18-10-6-8-16(18)15-17-9-7-11-19(17)20/h15H,3-14H2,1-2H3,(H2,22,23,25). The number of carbonyl (C=O) groups is 1. The minimum absolute atomic E-state index is 0.0224. The maximum Gasteiger partial charge on any atom is 0.332 e. The van der Waals surface area contributed by atoms with Gasteiger partial charge in [-0.3, -0.25) is 0 Å². The highest BCUT2D eigenvalue weighted by molar-refractivity contribution is 7.90. The van der Waals surface area contributed by atoms with Gasteiger partial charge in [0.05, 0.1) is 5.75 Å². The average molecular weight is 408 g/mol. The summed E-state index contributed by atoms with van der Waals surface area (Å²) < 4.78 is 26.8. The lowest BCUT2D eigenvalue weighted by Gasteiger charge is -2.17. The summed E-state index contributed by atoms with van der Waals surface area (Å²) >= 11 is 0. The molecular weight excluding hydrogens is 374 g/mol. The summed E-state index contributed by atoms with van der Waals surface area (Å²) in [6.45, 7) is 4.01. The van der Waals surface area contributed by atoms with Crippen LogP contribution in [0.1, 0.15) is 61.3 Å². The summed E-state index contributed by atoms with van der Waals surface area (Å²) in [5.41, 5.74) is 5.90. The third-order valence-corrected chi connectivity index (χ3v) is 7.09. The fourth-order valence-electron chi connectivity index (χ4n) is 4.47. The third kappa shape index (κ3) is 5.26. The van der Waals surface area contributed by atoms with Gasteiger partial charge in [-0.2, -0.15) is 0 Å². The number of carbonyl (C=O) groups excluding carboxylic acids is 1. The summed E-state index contributed by atoms with van der Waals surface area (Å²) in [5, 5.41) is 2.89. The van der Waals surface area contributed by atoms with Crippen LogP contribution in [-0.4, -0.2) is 45.2 Å². The van der Waals surface area contributed by atoms with Gasteiger partial charge in [-0.05, 0) is 100 Å². The molecule has 2 amide bonds. The number of anilines is 1. The summed E-state index contributed by atoms with van der Waals surface area (Å²) in [7, 11) is -1.58. The first kappa shape index (κ1) is 21.1. The van der Waals surface area contributed by atoms with Crippen LogP contribution in [0.15, 0.2) is 6.07 Å². The molecule has 0 aliphatic heterocycles. The van der Waals surface area contributed by atoms with Gasteiger partial charge in [0.2, 0.25) is 10.0 Å². The van der Waals surface area contributed by atoms with E-state index in [-0.39, 0.29) is 5.75 Å². The normalized spacial score (nSPS) is 15.5. The number of rotatable bonds is 9. The van der Waals surface area contributed by atoms with E-state index in [9.17, 15) is 13.2 Å². The fraction of sp³-hybridized carbons (Fsp3) is 0.667. The highest BCUT2D eigenvalue weighted by Gasteiger charge is 2.25. The number of hydrogen-bond acceptors (Lipinski definition) is 4. The summed E-state index contributed by atoms with van der Waals surface area (Å²) in [4.78, 5) is 14.6. The molecule has 0 aromatic heterocycles. The smallest absolute Gasteiger partial charge is 0.307 e. The van der Waals surface area contributed by atoms with E-state index in [1.807, 2.05) is 7.05 Å². The molecule has 0 atom stereocenters. The van der Waals surface area contributed by atoms with Crippen molar-refractivity contribution in [3.63, 3.8) is 0 Å². The van der Waals surface area contributed by atoms with Gasteiger partial charge >= 0.3 is 6.03 Å². The van der Waals surface area contributed by atoms with Gasteiger partial charge in [0.15, 0.2) is 0 Å². The van der Waals surface area contributed by atoms with Gasteiger partial charge in [0.25, 0.3) is 0 Å². The molecule has 28 heavy (non-hydrogen) atoms. The van der Waals surface area contributed by atoms with Crippen LogP contribution in [0, 0.1) is 0 Å². The number of fused-ring (bicyclic) bond motifs is 2. The number of nitrogens with one attached hydrogen (secondary N) is 2. The highest BCUT2D eigenvalue weighted by Crippen LogP contribution is 2.38. The summed E-state index contributed by atoms with van der Waals surface area (Å²) in [5.74, 6) is -0.0224. The molecule has 0 unspecified atom stereocenters. The molecule has 0 radical (unpaired) electrons. The Morgan fingerprint density at radius 2 is 1.68 bits per heavy atom. The molecule has 0 saturated carbocycles. The van der Waals surface area contributed by atoms with Crippen molar-refractivity contribution in [1.82, 2.24) is 9.62 Å². The Morgan fingerprint density at radius 1 is 1.04 bits per heavy atom. The Balaban J connectivity index is 1.56. The largest absolute Gasteiger partial charge is 0.332 e. The lowest BCUT2D eigenvalue weighted by atomic mass is 9.99. The molecular formula is C21H33N3O3S. The van der Waals surface area contributed by atoms with Crippen LogP contribution in [0.2, 0.25) is 0 Å². The number of hydrogen-bond donors (Lipinski definition) is 2. The van der Waals surface area contributed by atoms with E-state index < -0.39 is 16.1 Å². The minimum Gasteiger partial charge on any atom is -0.307 e. The molecule has 156 valence electrons. The van der Waals surface area contributed by atoms with Crippen molar-refractivity contribution in [2.75, 3.05) is 31.2 Å². The van der Waals surface area contributed by atoms with Crippen molar-refractivity contribution in [2.45, 2.75) is 64.7 Å². The van der Waals surface area contributed by atoms with Crippen molar-refractivity contribution in [3.05, 3.63) is 28.3 Å². The Bertz CT molecular complexity index is 788. The number of unbranched alkanes of at least 4 members (excludes halogenated alkanes) is 1. The van der Waals surface area contributed by atoms with Gasteiger partial charge in [-0.1, -0.05) is 13.0 Å². The van der Waals surface area contributed by atoms with E-state index in [0.29, 0.717) is 6.42 Å². The number of nitrogens with zero attached hydrogens (tertiary/aromatic N) is 1. The number of aryl methyl sites for hydroxylation is 2. The van der Waals surface area contributed by atoms with Crippen molar-refractivity contribution in [2.24, 2.45) is 0 Å². The van der Waals surface area contributed by atoms with Crippen LogP contribution in [0.25, 0.3) is 0 Å². The zero-order chi connectivity index (χ0) is 20.1. The van der Waals surface area contributed by atoms with Crippen molar-refractivity contribution in [3.8, 4) is 0 Å². The third-order valence-electron chi connectivity index (χ3n) is 5.77. The first-order chi connectivity index (χ1) is 13.4. The van der Waals surface area contributed by atoms with Crippen LogP contribution in [0.5, 0.6) is 0 Å². The minimum atomic E-state index is -3.62. The molecule has 6 nitrogen and oxygen atoms in total. The topological polar surface area (TPSA) is 78.5 Å². The monoisotopic (exact) mass is 407 g/mol. The van der Waals surface area contributed by atoms with Crippen molar-refractivity contribution >= 4 is 21.7 Å². The highest BCUT2D eigenvalue weighted by atomic mass is 32.2. The Labute approximate surface area is 169 Å². The van der Waals surface area contributed by atoms with Crippen LogP contribution < -0.4 is 10.0 Å². The molecule has 2 aliphatic carbocycles. The molecule has 0 spiro atoms. The summed E-state index contributed by atoms with van der Waals surface area (Å²) in [6, 6.07) is 1.66. The molecule has 0 saturated heterocycles. The summed E-state index contributed by atoms with van der Waals surface area (Å²) in [6.07, 6.45) is 8.63. The number of benzene rings is 1. The van der Waals surface area contributed by atoms with E-state index in [1.165, 1.54) is 22.3 Å². The zero-order valence-electron chi connectivity index (χ0n) is 17.1. The van der Waals surface area contributed by atoms with E-state index in [0.717, 1.165) is 70.1 Å². The van der Waals surface area contributed by atoms with E-state index in [2.05, 4.69) is 27.9 Å². The number of sulfonamides is 1. The van der Waals surface area contributed by atoms with Crippen molar-refractivity contribution < 1.29 is 13.2 Å². The van der Waals surface area contributed by atoms with Crippen LogP contribution in [-0.2, 0) is 35.7 Å². The van der Waals surface area contributed by atoms with Gasteiger partial charge in [0.1, 0.15) is 0 Å². The average Bonchev–Trinajstić information content (AvgIpc) is 3.27. The number of amides is 2. The Kier molecular flexibility index (Phi) is 6.99. The lowest BCUT2D eigenvalue weighted by Crippen LogP contribution is -2.36.